The Morgan fingerprint density at radius 2 is 1.97 bits per heavy atom. The summed E-state index contributed by atoms with van der Waals surface area (Å²) in [5, 5.41) is 14.0. The lowest BCUT2D eigenvalue weighted by molar-refractivity contribution is -0.137. The van der Waals surface area contributed by atoms with Gasteiger partial charge in [-0.05, 0) is 37.8 Å². The van der Waals surface area contributed by atoms with Crippen molar-refractivity contribution in [3.63, 3.8) is 0 Å². The molecule has 0 spiro atoms. The molecule has 3 N–H and O–H groups in total. The highest BCUT2D eigenvalue weighted by Crippen LogP contribution is 2.72. The largest absolute Gasteiger partial charge is 0.465 e. The van der Waals surface area contributed by atoms with Crippen LogP contribution in [0.1, 0.15) is 50.9 Å². The number of alkyl halides is 3. The average Bonchev–Trinajstić information content (AvgIpc) is 2.99. The highest BCUT2D eigenvalue weighted by Gasteiger charge is 2.72. The summed E-state index contributed by atoms with van der Waals surface area (Å²) in [7, 11) is 0. The molecule has 0 aromatic carbocycles. The van der Waals surface area contributed by atoms with E-state index in [1.807, 2.05) is 24.6 Å². The molecule has 1 aliphatic heterocycles. The molecule has 2 aromatic heterocycles. The van der Waals surface area contributed by atoms with E-state index in [1.54, 1.807) is 0 Å². The number of pyridine rings is 1. The van der Waals surface area contributed by atoms with Crippen molar-refractivity contribution in [2.24, 2.45) is 17.3 Å². The molecule has 0 unspecified atom stereocenters. The summed E-state index contributed by atoms with van der Waals surface area (Å²) >= 11 is 0. The van der Waals surface area contributed by atoms with Crippen LogP contribution in [0.3, 0.4) is 0 Å². The third kappa shape index (κ3) is 3.23. The van der Waals surface area contributed by atoms with Crippen LogP contribution in [-0.4, -0.2) is 44.0 Å². The molecule has 3 atom stereocenters. The third-order valence-electron chi connectivity index (χ3n) is 6.88. The van der Waals surface area contributed by atoms with Gasteiger partial charge >= 0.3 is 12.3 Å². The number of fused-ring (bicyclic) bond motifs is 1. The molecule has 7 nitrogen and oxygen atoms in total. The zero-order chi connectivity index (χ0) is 22.9. The SMILES string of the molecule is CC(C)n1nc(-c2cnc(N)c(C(F)(F)F)c2)cc1[C@@H]1[C@@H]2CN(C(=O)O)C[C@@]12C(C)C. The van der Waals surface area contributed by atoms with Crippen molar-refractivity contribution in [1.82, 2.24) is 19.7 Å². The molecule has 3 heterocycles. The van der Waals surface area contributed by atoms with E-state index in [0.29, 0.717) is 18.8 Å². The Kier molecular flexibility index (Phi) is 4.75. The monoisotopic (exact) mass is 437 g/mol. The number of hydrogen-bond donors (Lipinski definition) is 2. The first kappa shape index (κ1) is 21.5. The molecule has 2 fully saturated rings. The van der Waals surface area contributed by atoms with E-state index in [4.69, 9.17) is 5.73 Å². The molecule has 0 radical (unpaired) electrons. The molecule has 31 heavy (non-hydrogen) atoms. The number of likely N-dealkylation sites (tertiary alicyclic amines) is 1. The Balaban J connectivity index is 1.75. The number of halogens is 3. The van der Waals surface area contributed by atoms with Crippen LogP contribution in [0.5, 0.6) is 0 Å². The zero-order valence-corrected chi connectivity index (χ0v) is 17.8. The lowest BCUT2D eigenvalue weighted by atomic mass is 9.88. The van der Waals surface area contributed by atoms with E-state index >= 15 is 0 Å². The second kappa shape index (κ2) is 6.86. The zero-order valence-electron chi connectivity index (χ0n) is 17.8. The van der Waals surface area contributed by atoms with Gasteiger partial charge in [0, 0.05) is 47.9 Å². The Bertz CT molecular complexity index is 1030. The Morgan fingerprint density at radius 3 is 2.48 bits per heavy atom. The van der Waals surface area contributed by atoms with Gasteiger partial charge in [0.05, 0.1) is 11.3 Å². The minimum atomic E-state index is -4.61. The lowest BCUT2D eigenvalue weighted by Crippen LogP contribution is -2.33. The summed E-state index contributed by atoms with van der Waals surface area (Å²) in [6, 6.07) is 2.80. The van der Waals surface area contributed by atoms with Crippen molar-refractivity contribution < 1.29 is 23.1 Å². The fourth-order valence-corrected chi connectivity index (χ4v) is 5.30. The topological polar surface area (TPSA) is 97.3 Å². The van der Waals surface area contributed by atoms with Crippen LogP contribution >= 0.6 is 0 Å². The number of nitrogens with two attached hydrogens (primary N) is 1. The molecule has 10 heteroatoms. The Hall–Kier alpha value is -2.78. The molecule has 1 amide bonds. The van der Waals surface area contributed by atoms with Gasteiger partial charge < -0.3 is 15.7 Å². The van der Waals surface area contributed by atoms with Crippen LogP contribution in [0.25, 0.3) is 11.3 Å². The van der Waals surface area contributed by atoms with Crippen molar-refractivity contribution in [3.05, 3.63) is 29.6 Å². The second-order valence-corrected chi connectivity index (χ2v) is 9.16. The van der Waals surface area contributed by atoms with E-state index in [-0.39, 0.29) is 34.8 Å². The molecule has 2 aliphatic rings. The summed E-state index contributed by atoms with van der Waals surface area (Å²) < 4.78 is 41.7. The van der Waals surface area contributed by atoms with Gasteiger partial charge in [0.1, 0.15) is 5.82 Å². The standard InChI is InChI=1S/C21H26F3N5O2/c1-10(2)20-9-28(19(30)31)8-14(20)17(20)16-6-15(27-29(16)11(3)4)12-5-13(21(22,23)24)18(25)26-7-12/h5-7,10-11,14,17H,8-9H2,1-4H3,(H2,25,26)(H,30,31)/t14-,17-,20-/m0/s1. The normalized spacial score (nSPS) is 25.4. The van der Waals surface area contributed by atoms with Crippen molar-refractivity contribution in [1.29, 1.82) is 0 Å². The van der Waals surface area contributed by atoms with Crippen LogP contribution in [-0.2, 0) is 6.18 Å². The van der Waals surface area contributed by atoms with E-state index < -0.39 is 23.7 Å². The number of amides is 1. The smallest absolute Gasteiger partial charge is 0.419 e. The van der Waals surface area contributed by atoms with Crippen molar-refractivity contribution in [3.8, 4) is 11.3 Å². The second-order valence-electron chi connectivity index (χ2n) is 9.16. The highest BCUT2D eigenvalue weighted by atomic mass is 19.4. The Morgan fingerprint density at radius 1 is 1.29 bits per heavy atom. The van der Waals surface area contributed by atoms with Crippen LogP contribution < -0.4 is 5.73 Å². The number of aromatic nitrogens is 3. The van der Waals surface area contributed by atoms with Gasteiger partial charge in [-0.2, -0.15) is 18.3 Å². The molecule has 168 valence electrons. The van der Waals surface area contributed by atoms with Crippen molar-refractivity contribution in [2.75, 3.05) is 18.8 Å². The summed E-state index contributed by atoms with van der Waals surface area (Å²) in [5.41, 5.74) is 5.85. The number of nitrogens with zero attached hydrogens (tertiary/aromatic N) is 4. The van der Waals surface area contributed by atoms with E-state index in [9.17, 15) is 23.1 Å². The quantitative estimate of drug-likeness (QED) is 0.735. The van der Waals surface area contributed by atoms with Crippen LogP contribution in [0, 0.1) is 17.3 Å². The van der Waals surface area contributed by atoms with Gasteiger partial charge in [-0.15, -0.1) is 0 Å². The molecular weight excluding hydrogens is 411 g/mol. The van der Waals surface area contributed by atoms with Crippen LogP contribution in [0.4, 0.5) is 23.8 Å². The van der Waals surface area contributed by atoms with E-state index in [1.165, 1.54) is 11.1 Å². The molecule has 1 saturated heterocycles. The number of piperidine rings is 1. The molecule has 1 aliphatic carbocycles. The van der Waals surface area contributed by atoms with E-state index in [2.05, 4.69) is 23.9 Å². The maximum Gasteiger partial charge on any atom is 0.419 e. The van der Waals surface area contributed by atoms with Crippen molar-refractivity contribution >= 4 is 11.9 Å². The lowest BCUT2D eigenvalue weighted by Gasteiger charge is -2.25. The Labute approximate surface area is 178 Å². The van der Waals surface area contributed by atoms with Crippen molar-refractivity contribution in [2.45, 2.75) is 45.8 Å². The predicted octanol–water partition coefficient (Wildman–Crippen LogP) is 4.48. The van der Waals surface area contributed by atoms with Gasteiger partial charge in [0.15, 0.2) is 0 Å². The minimum absolute atomic E-state index is 0.00584. The maximum atomic E-state index is 13.3. The predicted molar refractivity (Wildman–Crippen MR) is 108 cm³/mol. The van der Waals surface area contributed by atoms with Gasteiger partial charge in [-0.3, -0.25) is 4.68 Å². The first-order chi connectivity index (χ1) is 14.4. The maximum absolute atomic E-state index is 13.3. The molecule has 4 rings (SSSR count). The summed E-state index contributed by atoms with van der Waals surface area (Å²) in [6.45, 7) is 9.02. The fourth-order valence-electron chi connectivity index (χ4n) is 5.30. The van der Waals surface area contributed by atoms with Crippen LogP contribution in [0.2, 0.25) is 0 Å². The molecule has 2 aromatic rings. The van der Waals surface area contributed by atoms with E-state index in [0.717, 1.165) is 11.8 Å². The highest BCUT2D eigenvalue weighted by molar-refractivity contribution is 5.67. The van der Waals surface area contributed by atoms with Gasteiger partial charge in [-0.1, -0.05) is 13.8 Å². The summed E-state index contributed by atoms with van der Waals surface area (Å²) in [4.78, 5) is 16.7. The van der Waals surface area contributed by atoms with Crippen LogP contribution in [0.15, 0.2) is 18.3 Å². The fraction of sp³-hybridized carbons (Fsp3) is 0.571. The minimum Gasteiger partial charge on any atom is -0.465 e. The summed E-state index contributed by atoms with van der Waals surface area (Å²) in [6.07, 6.45) is -4.22. The number of carboxylic acid groups (broad SMARTS) is 1. The van der Waals surface area contributed by atoms with Gasteiger partial charge in [0.2, 0.25) is 0 Å². The van der Waals surface area contributed by atoms with Gasteiger partial charge in [-0.25, -0.2) is 9.78 Å². The van der Waals surface area contributed by atoms with Gasteiger partial charge in [0.25, 0.3) is 0 Å². The molecular formula is C21H26F3N5O2. The third-order valence-corrected chi connectivity index (χ3v) is 6.88. The number of carbonyl (C=O) groups is 1. The first-order valence-electron chi connectivity index (χ1n) is 10.3. The number of nitrogen functional groups attached to an aromatic ring is 1. The summed E-state index contributed by atoms with van der Waals surface area (Å²) in [5.74, 6) is -0.0404. The molecule has 1 saturated carbocycles. The number of anilines is 1. The molecule has 0 bridgehead atoms. The average molecular weight is 437 g/mol. The number of rotatable bonds is 4. The first-order valence-corrected chi connectivity index (χ1v) is 10.3. The number of hydrogen-bond acceptors (Lipinski definition) is 4.